The molecule has 0 bridgehead atoms. The maximum atomic E-state index is 6.03. The van der Waals surface area contributed by atoms with Crippen LogP contribution in [0.1, 0.15) is 11.4 Å². The zero-order valence-corrected chi connectivity index (χ0v) is 7.73. The lowest BCUT2D eigenvalue weighted by molar-refractivity contribution is -0.576. The topological polar surface area (TPSA) is 3.88 Å². The Labute approximate surface area is 75.7 Å². The van der Waals surface area contributed by atoms with Crippen molar-refractivity contribution in [2.24, 2.45) is 0 Å². The van der Waals surface area contributed by atoms with Crippen molar-refractivity contribution < 1.29 is 4.48 Å². The second kappa shape index (κ2) is 2.14. The number of aromatic nitrogens is 1. The largest absolute Gasteiger partial charge is 0.456 e. The lowest BCUT2D eigenvalue weighted by atomic mass is 9.72. The van der Waals surface area contributed by atoms with Crippen molar-refractivity contribution in [2.75, 3.05) is 0 Å². The molecule has 0 fully saturated rings. The Kier molecular flexibility index (Phi) is 1.45. The molecule has 2 rings (SSSR count). The molecule has 1 nitrogen and oxygen atoms in total. The van der Waals surface area contributed by atoms with E-state index in [1.165, 1.54) is 5.69 Å². The van der Waals surface area contributed by atoms with Gasteiger partial charge in [0.15, 0.2) is 0 Å². The Morgan fingerprint density at radius 3 is 2.64 bits per heavy atom. The molecule has 1 aliphatic rings. The van der Waals surface area contributed by atoms with Crippen LogP contribution in [0.2, 0.25) is 0 Å². The van der Waals surface area contributed by atoms with Crippen molar-refractivity contribution in [1.29, 1.82) is 0 Å². The van der Waals surface area contributed by atoms with E-state index in [2.05, 4.69) is 6.07 Å². The summed E-state index contributed by atoms with van der Waals surface area (Å²) in [5, 5.41) is -1.31. The van der Waals surface area contributed by atoms with Crippen LogP contribution in [0.4, 0.5) is 0 Å². The van der Waals surface area contributed by atoms with Gasteiger partial charge in [-0.25, -0.2) is 0 Å². The number of hydrogen-bond donors (Lipinski definition) is 0. The Bertz CT molecular complexity index is 297. The highest BCUT2D eigenvalue weighted by molar-refractivity contribution is 7.41. The monoisotopic (exact) mass is 187 g/mol. The Morgan fingerprint density at radius 2 is 2.18 bits per heavy atom. The van der Waals surface area contributed by atoms with Crippen molar-refractivity contribution in [3.63, 3.8) is 0 Å². The second-order valence-corrected chi connectivity index (χ2v) is 4.67. The van der Waals surface area contributed by atoms with Gasteiger partial charge in [0.2, 0.25) is 0 Å². The van der Waals surface area contributed by atoms with Crippen LogP contribution in [-0.2, 0) is 6.32 Å². The molecule has 0 aliphatic carbocycles. The molecule has 0 atom stereocenters. The van der Waals surface area contributed by atoms with E-state index in [-0.39, 0.29) is 0 Å². The van der Waals surface area contributed by atoms with Crippen LogP contribution >= 0.6 is 22.9 Å². The van der Waals surface area contributed by atoms with E-state index in [4.69, 9.17) is 22.9 Å². The third-order valence-corrected chi connectivity index (χ3v) is 2.85. The summed E-state index contributed by atoms with van der Waals surface area (Å²) >= 11 is 12.1. The van der Waals surface area contributed by atoms with Crippen molar-refractivity contribution >= 4 is 28.0 Å². The maximum absolute atomic E-state index is 6.03. The fraction of sp³-hybridized carbons (Fsp3) is 0.286. The highest BCUT2D eigenvalue weighted by Crippen LogP contribution is 2.25. The summed E-state index contributed by atoms with van der Waals surface area (Å²) in [6.45, 7) is 2.02. The minimum Gasteiger partial charge on any atom is -0.396 e. The number of hydrogen-bond acceptors (Lipinski definition) is 0. The first kappa shape index (κ1) is 7.44. The first-order valence-electron chi connectivity index (χ1n) is 3.65. The van der Waals surface area contributed by atoms with E-state index >= 15 is 0 Å². The quantitative estimate of drug-likeness (QED) is 0.544. The number of aryl methyl sites for hydroxylation is 1. The summed E-state index contributed by atoms with van der Waals surface area (Å²) in [5.41, 5.74) is 2.37. The molecule has 0 N–H and O–H groups in total. The van der Waals surface area contributed by atoms with Gasteiger partial charge >= 0.3 is 5.11 Å². The molecule has 0 saturated carbocycles. The van der Waals surface area contributed by atoms with Gasteiger partial charge in [0, 0.05) is 13.2 Å². The van der Waals surface area contributed by atoms with Crippen LogP contribution in [0.15, 0.2) is 18.2 Å². The molecule has 0 spiro atoms. The molecular formula is C7H8BCl2N. The average Bonchev–Trinajstić information content (AvgIpc) is 1.84. The summed E-state index contributed by atoms with van der Waals surface area (Å²) in [6.07, 6.45) is 0.810. The molecule has 4 heteroatoms. The van der Waals surface area contributed by atoms with Crippen LogP contribution in [0.5, 0.6) is 0 Å². The number of pyridine rings is 1. The van der Waals surface area contributed by atoms with Crippen LogP contribution in [0.25, 0.3) is 0 Å². The van der Waals surface area contributed by atoms with Crippen LogP contribution < -0.4 is 4.48 Å². The van der Waals surface area contributed by atoms with Gasteiger partial charge in [0.1, 0.15) is 11.4 Å². The van der Waals surface area contributed by atoms with Gasteiger partial charge in [0.25, 0.3) is 0 Å². The summed E-state index contributed by atoms with van der Waals surface area (Å²) in [5.74, 6) is 0. The molecule has 0 saturated heterocycles. The summed E-state index contributed by atoms with van der Waals surface area (Å²) < 4.78 is 2.00. The normalized spacial score (nSPS) is 18.8. The van der Waals surface area contributed by atoms with E-state index in [0.29, 0.717) is 0 Å². The van der Waals surface area contributed by atoms with Gasteiger partial charge < -0.3 is 4.48 Å². The van der Waals surface area contributed by atoms with Gasteiger partial charge in [-0.1, -0.05) is 6.07 Å². The molecule has 1 aromatic heterocycles. The molecule has 58 valence electrons. The highest BCUT2D eigenvalue weighted by Gasteiger charge is 2.45. The van der Waals surface area contributed by atoms with E-state index in [1.54, 1.807) is 0 Å². The summed E-state index contributed by atoms with van der Waals surface area (Å²) in [6, 6.07) is 6.10. The van der Waals surface area contributed by atoms with E-state index in [9.17, 15) is 0 Å². The van der Waals surface area contributed by atoms with Crippen molar-refractivity contribution in [2.45, 2.75) is 13.2 Å². The average molecular weight is 188 g/mol. The number of halogens is 2. The van der Waals surface area contributed by atoms with E-state index < -0.39 is 5.11 Å². The molecule has 1 aliphatic heterocycles. The first-order chi connectivity index (χ1) is 5.11. The van der Waals surface area contributed by atoms with Crippen LogP contribution in [0.3, 0.4) is 0 Å². The third-order valence-electron chi connectivity index (χ3n) is 2.15. The molecule has 0 aromatic carbocycles. The molecule has 0 unspecified atom stereocenters. The Balaban J connectivity index is 2.60. The van der Waals surface area contributed by atoms with Gasteiger partial charge in [-0.05, 0) is 12.1 Å². The minimum absolute atomic E-state index is 0.810. The fourth-order valence-corrected chi connectivity index (χ4v) is 2.50. The van der Waals surface area contributed by atoms with E-state index in [0.717, 1.165) is 12.0 Å². The predicted octanol–water partition coefficient (Wildman–Crippen LogP) is 1.64. The Morgan fingerprint density at radius 1 is 1.45 bits per heavy atom. The summed E-state index contributed by atoms with van der Waals surface area (Å²) in [4.78, 5) is 0. The van der Waals surface area contributed by atoms with Crippen molar-refractivity contribution in [3.05, 3.63) is 29.6 Å². The molecule has 0 amide bonds. The first-order valence-corrected chi connectivity index (χ1v) is 4.52. The van der Waals surface area contributed by atoms with Gasteiger partial charge in [0.05, 0.1) is 0 Å². The van der Waals surface area contributed by atoms with E-state index in [1.807, 2.05) is 23.5 Å². The number of rotatable bonds is 0. The fourth-order valence-electron chi connectivity index (χ4n) is 1.62. The van der Waals surface area contributed by atoms with Gasteiger partial charge in [-0.15, -0.1) is 0 Å². The second-order valence-electron chi connectivity index (χ2n) is 3.00. The third kappa shape index (κ3) is 0.968. The molecule has 1 aromatic rings. The molecule has 0 radical (unpaired) electrons. The SMILES string of the molecule is Cc1cccc2[n+]1[B-](Cl)(Cl)C2. The van der Waals surface area contributed by atoms with Crippen LogP contribution in [0, 0.1) is 6.92 Å². The Hall–Kier alpha value is -0.205. The van der Waals surface area contributed by atoms with Crippen LogP contribution in [-0.4, -0.2) is 5.11 Å². The maximum Gasteiger partial charge on any atom is 0.456 e. The number of nitrogens with zero attached hydrogens (tertiary/aromatic N) is 1. The highest BCUT2D eigenvalue weighted by atomic mass is 35.5. The smallest absolute Gasteiger partial charge is 0.396 e. The van der Waals surface area contributed by atoms with Crippen molar-refractivity contribution in [3.8, 4) is 0 Å². The zero-order chi connectivity index (χ0) is 8.06. The van der Waals surface area contributed by atoms with Gasteiger partial charge in [-0.2, -0.15) is 0 Å². The standard InChI is InChI=1S/C7H8BCl2N/c1-6-3-2-4-7-5-8(9,10)11(6)7/h2-4H,5H2,1H3. The summed E-state index contributed by atoms with van der Waals surface area (Å²) in [7, 11) is 0. The number of fused-ring (bicyclic) bond motifs is 1. The molecule has 11 heavy (non-hydrogen) atoms. The molecule has 2 heterocycles. The molecular weight excluding hydrogens is 180 g/mol. The predicted molar refractivity (Wildman–Crippen MR) is 47.9 cm³/mol. The lowest BCUT2D eigenvalue weighted by Gasteiger charge is -2.34. The lowest BCUT2D eigenvalue weighted by Crippen LogP contribution is -2.71. The van der Waals surface area contributed by atoms with Gasteiger partial charge in [-0.3, -0.25) is 22.9 Å². The minimum atomic E-state index is -1.31. The zero-order valence-electron chi connectivity index (χ0n) is 6.22. The van der Waals surface area contributed by atoms with Crippen molar-refractivity contribution in [1.82, 2.24) is 0 Å².